The smallest absolute Gasteiger partial charge is 0.0548 e. The molecular weight excluding hydrogens is 134 g/mol. The van der Waals surface area contributed by atoms with E-state index >= 15 is 0 Å². The molecule has 0 spiro atoms. The number of rotatable bonds is 0. The van der Waals surface area contributed by atoms with Crippen molar-refractivity contribution < 1.29 is 0 Å². The van der Waals surface area contributed by atoms with Crippen LogP contribution in [0.2, 0.25) is 0 Å². The molecule has 0 aliphatic carbocycles. The van der Waals surface area contributed by atoms with Crippen molar-refractivity contribution in [3.05, 3.63) is 11.1 Å². The first-order valence-corrected chi connectivity index (χ1v) is 3.48. The molecule has 0 aromatic rings. The standard InChI is InChI=1S/C7H10ClN/c1-5-3-7(8)4-9-6(5)2/h3-6H,1-2H3. The van der Waals surface area contributed by atoms with Gasteiger partial charge in [0.05, 0.1) is 11.1 Å². The average Bonchev–Trinajstić information content (AvgIpc) is 1.80. The maximum absolute atomic E-state index is 5.69. The molecule has 0 bridgehead atoms. The lowest BCUT2D eigenvalue weighted by atomic mass is 10.0. The van der Waals surface area contributed by atoms with Gasteiger partial charge < -0.3 is 0 Å². The molecule has 2 atom stereocenters. The van der Waals surface area contributed by atoms with Crippen LogP contribution in [-0.4, -0.2) is 12.3 Å². The van der Waals surface area contributed by atoms with Gasteiger partial charge in [0.2, 0.25) is 0 Å². The van der Waals surface area contributed by atoms with Crippen LogP contribution >= 0.6 is 11.6 Å². The summed E-state index contributed by atoms with van der Waals surface area (Å²) in [5.41, 5.74) is 0. The minimum atomic E-state index is 0.396. The zero-order valence-corrected chi connectivity index (χ0v) is 6.39. The molecule has 1 heterocycles. The Labute approximate surface area is 60.4 Å². The lowest BCUT2D eigenvalue weighted by molar-refractivity contribution is 0.580. The molecule has 0 N–H and O–H groups in total. The van der Waals surface area contributed by atoms with Crippen molar-refractivity contribution in [2.75, 3.05) is 0 Å². The number of allylic oxidation sites excluding steroid dienone is 1. The summed E-state index contributed by atoms with van der Waals surface area (Å²) in [6.07, 6.45) is 3.74. The second kappa shape index (κ2) is 2.53. The normalized spacial score (nSPS) is 34.3. The van der Waals surface area contributed by atoms with Crippen LogP contribution in [0.15, 0.2) is 16.1 Å². The number of halogens is 1. The Morgan fingerprint density at radius 2 is 2.22 bits per heavy atom. The number of dihydropyridines is 1. The fourth-order valence-electron chi connectivity index (χ4n) is 0.758. The topological polar surface area (TPSA) is 12.4 Å². The highest BCUT2D eigenvalue weighted by Gasteiger charge is 2.11. The van der Waals surface area contributed by atoms with Gasteiger partial charge in [-0.15, -0.1) is 0 Å². The maximum Gasteiger partial charge on any atom is 0.0548 e. The molecule has 0 aromatic carbocycles. The van der Waals surface area contributed by atoms with E-state index in [9.17, 15) is 0 Å². The van der Waals surface area contributed by atoms with Crippen molar-refractivity contribution in [3.63, 3.8) is 0 Å². The summed E-state index contributed by atoms with van der Waals surface area (Å²) in [6.45, 7) is 4.20. The van der Waals surface area contributed by atoms with E-state index in [1.165, 1.54) is 0 Å². The van der Waals surface area contributed by atoms with Gasteiger partial charge in [-0.1, -0.05) is 24.6 Å². The quantitative estimate of drug-likeness (QED) is 0.493. The summed E-state index contributed by atoms with van der Waals surface area (Å²) < 4.78 is 0. The number of hydrogen-bond donors (Lipinski definition) is 0. The van der Waals surface area contributed by atoms with Crippen molar-refractivity contribution in [1.29, 1.82) is 0 Å². The van der Waals surface area contributed by atoms with Crippen LogP contribution in [0, 0.1) is 5.92 Å². The van der Waals surface area contributed by atoms with E-state index in [-0.39, 0.29) is 0 Å². The van der Waals surface area contributed by atoms with Crippen molar-refractivity contribution >= 4 is 17.8 Å². The molecule has 0 saturated carbocycles. The lowest BCUT2D eigenvalue weighted by Crippen LogP contribution is -2.12. The minimum Gasteiger partial charge on any atom is -0.288 e. The zero-order chi connectivity index (χ0) is 6.85. The third-order valence-electron chi connectivity index (χ3n) is 1.62. The van der Waals surface area contributed by atoms with Gasteiger partial charge in [-0.3, -0.25) is 4.99 Å². The highest BCUT2D eigenvalue weighted by Crippen LogP contribution is 2.16. The third-order valence-corrected chi connectivity index (χ3v) is 1.84. The van der Waals surface area contributed by atoms with Crippen LogP contribution in [0.1, 0.15) is 13.8 Å². The highest BCUT2D eigenvalue weighted by molar-refractivity contribution is 6.39. The monoisotopic (exact) mass is 143 g/mol. The Balaban J connectivity index is 2.70. The second-order valence-electron chi connectivity index (χ2n) is 2.43. The lowest BCUT2D eigenvalue weighted by Gasteiger charge is -2.15. The minimum absolute atomic E-state index is 0.396. The van der Waals surface area contributed by atoms with Crippen LogP contribution in [0.3, 0.4) is 0 Å². The number of hydrogen-bond acceptors (Lipinski definition) is 1. The predicted molar refractivity (Wildman–Crippen MR) is 41.1 cm³/mol. The van der Waals surface area contributed by atoms with Crippen molar-refractivity contribution in [1.82, 2.24) is 0 Å². The fourth-order valence-corrected chi connectivity index (χ4v) is 1.01. The fraction of sp³-hybridized carbons (Fsp3) is 0.571. The maximum atomic E-state index is 5.69. The van der Waals surface area contributed by atoms with E-state index in [2.05, 4.69) is 18.8 Å². The van der Waals surface area contributed by atoms with E-state index in [0.717, 1.165) is 5.03 Å². The predicted octanol–water partition coefficient (Wildman–Crippen LogP) is 2.22. The molecule has 1 aliphatic heterocycles. The first-order valence-electron chi connectivity index (χ1n) is 3.10. The molecule has 0 aromatic heterocycles. The Morgan fingerprint density at radius 1 is 1.56 bits per heavy atom. The summed E-state index contributed by atoms with van der Waals surface area (Å²) in [5, 5.41) is 0.764. The SMILES string of the molecule is CC1C=C(Cl)C=NC1C. The molecule has 1 rings (SSSR count). The molecule has 1 aliphatic rings. The molecule has 50 valence electrons. The van der Waals surface area contributed by atoms with E-state index in [1.807, 2.05) is 6.08 Å². The summed E-state index contributed by atoms with van der Waals surface area (Å²) in [5.74, 6) is 0.488. The number of aliphatic imine (C=N–C) groups is 1. The largest absolute Gasteiger partial charge is 0.288 e. The first kappa shape index (κ1) is 6.81. The van der Waals surface area contributed by atoms with Crippen molar-refractivity contribution in [2.45, 2.75) is 19.9 Å². The van der Waals surface area contributed by atoms with Crippen molar-refractivity contribution in [2.24, 2.45) is 10.9 Å². The average molecular weight is 144 g/mol. The molecule has 0 fully saturated rings. The van der Waals surface area contributed by atoms with Gasteiger partial charge in [0, 0.05) is 6.21 Å². The molecular formula is C7H10ClN. The van der Waals surface area contributed by atoms with Crippen LogP contribution in [0.25, 0.3) is 0 Å². The Bertz CT molecular complexity index is 160. The van der Waals surface area contributed by atoms with Crippen LogP contribution in [0.4, 0.5) is 0 Å². The Kier molecular flexibility index (Phi) is 1.91. The van der Waals surface area contributed by atoms with Crippen LogP contribution in [-0.2, 0) is 0 Å². The molecule has 1 nitrogen and oxygen atoms in total. The van der Waals surface area contributed by atoms with Crippen LogP contribution in [0.5, 0.6) is 0 Å². The van der Waals surface area contributed by atoms with Crippen molar-refractivity contribution in [3.8, 4) is 0 Å². The summed E-state index contributed by atoms with van der Waals surface area (Å²) in [6, 6.07) is 0.396. The van der Waals surface area contributed by atoms with Gasteiger partial charge >= 0.3 is 0 Å². The zero-order valence-electron chi connectivity index (χ0n) is 5.63. The second-order valence-corrected chi connectivity index (χ2v) is 2.87. The van der Waals surface area contributed by atoms with E-state index in [0.29, 0.717) is 12.0 Å². The molecule has 0 saturated heterocycles. The van der Waals surface area contributed by atoms with Gasteiger partial charge in [0.15, 0.2) is 0 Å². The highest BCUT2D eigenvalue weighted by atomic mass is 35.5. The summed E-state index contributed by atoms with van der Waals surface area (Å²) in [7, 11) is 0. The van der Waals surface area contributed by atoms with Gasteiger partial charge in [0.25, 0.3) is 0 Å². The van der Waals surface area contributed by atoms with Gasteiger partial charge in [-0.2, -0.15) is 0 Å². The Hall–Kier alpha value is -0.300. The third kappa shape index (κ3) is 1.55. The van der Waals surface area contributed by atoms with E-state index < -0.39 is 0 Å². The van der Waals surface area contributed by atoms with Gasteiger partial charge in [-0.05, 0) is 12.8 Å². The molecule has 2 unspecified atom stereocenters. The molecule has 0 radical (unpaired) electrons. The summed E-state index contributed by atoms with van der Waals surface area (Å²) >= 11 is 5.69. The van der Waals surface area contributed by atoms with E-state index in [4.69, 9.17) is 11.6 Å². The molecule has 2 heteroatoms. The van der Waals surface area contributed by atoms with Gasteiger partial charge in [0.1, 0.15) is 0 Å². The van der Waals surface area contributed by atoms with E-state index in [1.54, 1.807) is 6.21 Å². The summed E-state index contributed by atoms with van der Waals surface area (Å²) in [4.78, 5) is 4.17. The molecule has 9 heavy (non-hydrogen) atoms. The molecule has 0 amide bonds. The number of nitrogens with zero attached hydrogens (tertiary/aromatic N) is 1. The van der Waals surface area contributed by atoms with Gasteiger partial charge in [-0.25, -0.2) is 0 Å². The Morgan fingerprint density at radius 3 is 2.67 bits per heavy atom. The first-order chi connectivity index (χ1) is 4.20. The van der Waals surface area contributed by atoms with Crippen LogP contribution < -0.4 is 0 Å².